The average molecular weight is 441 g/mol. The summed E-state index contributed by atoms with van der Waals surface area (Å²) in [4.78, 5) is 26.4. The minimum absolute atomic E-state index is 0.111. The van der Waals surface area contributed by atoms with E-state index < -0.39 is 5.41 Å². The lowest BCUT2D eigenvalue weighted by atomic mass is 9.73. The van der Waals surface area contributed by atoms with Crippen molar-refractivity contribution in [1.29, 1.82) is 0 Å². The number of ether oxygens (including phenoxy) is 3. The van der Waals surface area contributed by atoms with Crippen LogP contribution in [0.4, 0.5) is 0 Å². The molecule has 1 heterocycles. The molecule has 0 aromatic heterocycles. The summed E-state index contributed by atoms with van der Waals surface area (Å²) in [6.45, 7) is 7.01. The van der Waals surface area contributed by atoms with Gasteiger partial charge < -0.3 is 14.2 Å². The normalized spacial score (nSPS) is 35.2. The molecule has 0 spiro atoms. The van der Waals surface area contributed by atoms with Crippen LogP contribution in [0.2, 0.25) is 0 Å². The highest BCUT2D eigenvalue weighted by molar-refractivity contribution is 6.03. The van der Waals surface area contributed by atoms with E-state index >= 15 is 0 Å². The summed E-state index contributed by atoms with van der Waals surface area (Å²) in [6.07, 6.45) is 6.76. The Labute approximate surface area is 191 Å². The number of carbonyl (C=O) groups excluding carboxylic acids is 2. The molecule has 1 aromatic rings. The SMILES string of the molecule is CCC(C)c1ccc(COC2C3CC4C2OC(=O)C4(C(=O)OC2(CC)CCCC2)C3)cc1. The zero-order valence-corrected chi connectivity index (χ0v) is 19.6. The molecule has 174 valence electrons. The first-order chi connectivity index (χ1) is 15.4. The molecule has 6 atom stereocenters. The Balaban J connectivity index is 1.25. The van der Waals surface area contributed by atoms with E-state index in [1.54, 1.807) is 0 Å². The van der Waals surface area contributed by atoms with E-state index in [0.29, 0.717) is 18.9 Å². The molecule has 4 aliphatic rings. The van der Waals surface area contributed by atoms with Crippen molar-refractivity contribution in [3.05, 3.63) is 35.4 Å². The number of esters is 2. The van der Waals surface area contributed by atoms with Crippen molar-refractivity contribution < 1.29 is 23.8 Å². The Morgan fingerprint density at radius 3 is 2.56 bits per heavy atom. The van der Waals surface area contributed by atoms with E-state index in [1.165, 1.54) is 5.56 Å². The quantitative estimate of drug-likeness (QED) is 0.405. The maximum Gasteiger partial charge on any atom is 0.324 e. The predicted octanol–water partition coefficient (Wildman–Crippen LogP) is 5.30. The van der Waals surface area contributed by atoms with E-state index in [9.17, 15) is 9.59 Å². The summed E-state index contributed by atoms with van der Waals surface area (Å²) >= 11 is 0. The van der Waals surface area contributed by atoms with Gasteiger partial charge in [0.15, 0.2) is 5.41 Å². The molecule has 0 radical (unpaired) electrons. The van der Waals surface area contributed by atoms with Crippen LogP contribution in [0.15, 0.2) is 24.3 Å². The summed E-state index contributed by atoms with van der Waals surface area (Å²) in [5, 5.41) is 0. The molecule has 0 N–H and O–H groups in total. The highest BCUT2D eigenvalue weighted by Crippen LogP contribution is 2.63. The molecule has 5 heteroatoms. The van der Waals surface area contributed by atoms with Crippen LogP contribution >= 0.6 is 0 Å². The Morgan fingerprint density at radius 2 is 1.91 bits per heavy atom. The molecule has 5 rings (SSSR count). The van der Waals surface area contributed by atoms with Crippen LogP contribution in [0.25, 0.3) is 0 Å². The smallest absolute Gasteiger partial charge is 0.324 e. The third-order valence-corrected chi connectivity index (χ3v) is 9.00. The van der Waals surface area contributed by atoms with E-state index in [0.717, 1.165) is 50.5 Å². The average Bonchev–Trinajstić information content (AvgIpc) is 3.54. The van der Waals surface area contributed by atoms with Crippen molar-refractivity contribution in [2.75, 3.05) is 0 Å². The van der Waals surface area contributed by atoms with E-state index in [4.69, 9.17) is 14.2 Å². The Hall–Kier alpha value is -1.88. The van der Waals surface area contributed by atoms with Gasteiger partial charge in [-0.25, -0.2) is 0 Å². The number of rotatable bonds is 8. The minimum atomic E-state index is -1.10. The second kappa shape index (κ2) is 8.16. The van der Waals surface area contributed by atoms with Gasteiger partial charge in [-0.15, -0.1) is 0 Å². The van der Waals surface area contributed by atoms with Crippen LogP contribution < -0.4 is 0 Å². The lowest BCUT2D eigenvalue weighted by Gasteiger charge is -2.35. The van der Waals surface area contributed by atoms with Crippen molar-refractivity contribution >= 4 is 11.9 Å². The maximum absolute atomic E-state index is 13.4. The van der Waals surface area contributed by atoms with Crippen molar-refractivity contribution in [2.24, 2.45) is 17.3 Å². The van der Waals surface area contributed by atoms with Gasteiger partial charge in [0.2, 0.25) is 0 Å². The molecule has 5 nitrogen and oxygen atoms in total. The number of fused-ring (bicyclic) bond motifs is 1. The first-order valence-electron chi connectivity index (χ1n) is 12.6. The zero-order chi connectivity index (χ0) is 22.5. The topological polar surface area (TPSA) is 61.8 Å². The molecule has 2 bridgehead atoms. The van der Waals surface area contributed by atoms with Gasteiger partial charge in [-0.05, 0) is 74.3 Å². The minimum Gasteiger partial charge on any atom is -0.458 e. The number of hydrogen-bond donors (Lipinski definition) is 0. The van der Waals surface area contributed by atoms with Crippen LogP contribution in [0, 0.1) is 17.3 Å². The van der Waals surface area contributed by atoms with Crippen LogP contribution in [0.3, 0.4) is 0 Å². The van der Waals surface area contributed by atoms with Crippen LogP contribution in [-0.2, 0) is 30.4 Å². The van der Waals surface area contributed by atoms with Crippen LogP contribution in [-0.4, -0.2) is 29.7 Å². The Bertz CT molecular complexity index is 871. The van der Waals surface area contributed by atoms with Gasteiger partial charge in [-0.3, -0.25) is 9.59 Å². The number of carbonyl (C=O) groups is 2. The molecule has 4 fully saturated rings. The first kappa shape index (κ1) is 21.9. The molecule has 1 aromatic carbocycles. The summed E-state index contributed by atoms with van der Waals surface area (Å²) in [7, 11) is 0. The second-order valence-corrected chi connectivity index (χ2v) is 10.6. The van der Waals surface area contributed by atoms with Gasteiger partial charge in [-0.2, -0.15) is 0 Å². The molecular weight excluding hydrogens is 404 g/mol. The van der Waals surface area contributed by atoms with Crippen molar-refractivity contribution in [2.45, 2.75) is 102 Å². The molecule has 3 aliphatic carbocycles. The van der Waals surface area contributed by atoms with E-state index in [1.807, 2.05) is 0 Å². The lowest BCUT2D eigenvalue weighted by Crippen LogP contribution is -2.48. The molecule has 32 heavy (non-hydrogen) atoms. The summed E-state index contributed by atoms with van der Waals surface area (Å²) in [6, 6.07) is 8.61. The van der Waals surface area contributed by atoms with E-state index in [2.05, 4.69) is 45.0 Å². The third kappa shape index (κ3) is 3.30. The Kier molecular flexibility index (Phi) is 5.59. The largest absolute Gasteiger partial charge is 0.458 e. The molecule has 1 saturated heterocycles. The highest BCUT2D eigenvalue weighted by Gasteiger charge is 2.75. The zero-order valence-electron chi connectivity index (χ0n) is 19.6. The first-order valence-corrected chi connectivity index (χ1v) is 12.6. The van der Waals surface area contributed by atoms with Crippen LogP contribution in [0.5, 0.6) is 0 Å². The van der Waals surface area contributed by atoms with Gasteiger partial charge in [-0.1, -0.05) is 45.0 Å². The van der Waals surface area contributed by atoms with Gasteiger partial charge in [0.1, 0.15) is 11.7 Å². The molecule has 6 unspecified atom stereocenters. The number of benzene rings is 1. The predicted molar refractivity (Wildman–Crippen MR) is 120 cm³/mol. The number of hydrogen-bond acceptors (Lipinski definition) is 5. The lowest BCUT2D eigenvalue weighted by molar-refractivity contribution is -0.178. The second-order valence-electron chi connectivity index (χ2n) is 10.6. The highest BCUT2D eigenvalue weighted by atomic mass is 16.6. The maximum atomic E-state index is 13.4. The van der Waals surface area contributed by atoms with Gasteiger partial charge in [0, 0.05) is 5.92 Å². The van der Waals surface area contributed by atoms with Crippen LogP contribution in [0.1, 0.15) is 89.2 Å². The van der Waals surface area contributed by atoms with Gasteiger partial charge in [0.05, 0.1) is 12.7 Å². The summed E-state index contributed by atoms with van der Waals surface area (Å²) in [5.41, 5.74) is 0.985. The van der Waals surface area contributed by atoms with E-state index in [-0.39, 0.29) is 41.6 Å². The molecule has 1 aliphatic heterocycles. The summed E-state index contributed by atoms with van der Waals surface area (Å²) in [5.74, 6) is -0.101. The van der Waals surface area contributed by atoms with Crippen molar-refractivity contribution in [1.82, 2.24) is 0 Å². The van der Waals surface area contributed by atoms with Gasteiger partial charge >= 0.3 is 11.9 Å². The fourth-order valence-electron chi connectivity index (χ4n) is 6.70. The molecule has 0 amide bonds. The molecular formula is C27H36O5. The fraction of sp³-hybridized carbons (Fsp3) is 0.704. The monoisotopic (exact) mass is 440 g/mol. The fourth-order valence-corrected chi connectivity index (χ4v) is 6.70. The summed E-state index contributed by atoms with van der Waals surface area (Å²) < 4.78 is 18.2. The van der Waals surface area contributed by atoms with Crippen molar-refractivity contribution in [3.8, 4) is 0 Å². The molecule has 3 saturated carbocycles. The Morgan fingerprint density at radius 1 is 1.19 bits per heavy atom. The third-order valence-electron chi connectivity index (χ3n) is 9.00. The van der Waals surface area contributed by atoms with Gasteiger partial charge in [0.25, 0.3) is 0 Å². The van der Waals surface area contributed by atoms with Crippen molar-refractivity contribution in [3.63, 3.8) is 0 Å². The standard InChI is InChI=1S/C27H36O5/c1-4-17(3)19-10-8-18(9-11-19)16-30-22-20-14-21-23(22)31-24(28)27(21,15-20)25(29)32-26(5-2)12-6-7-13-26/h8-11,17,20-23H,4-7,12-16H2,1-3H3.